The lowest BCUT2D eigenvalue weighted by atomic mass is 10.1. The predicted molar refractivity (Wildman–Crippen MR) is 121 cm³/mol. The molecule has 0 saturated heterocycles. The number of ether oxygens (including phenoxy) is 2. The van der Waals surface area contributed by atoms with Crippen molar-refractivity contribution in [2.45, 2.75) is 44.7 Å². The van der Waals surface area contributed by atoms with Crippen molar-refractivity contribution >= 4 is 17.7 Å². The molecule has 0 aliphatic rings. The molecule has 2 aromatic carbocycles. The Bertz CT molecular complexity index is 1140. The van der Waals surface area contributed by atoms with Crippen molar-refractivity contribution in [1.82, 2.24) is 19.8 Å². The van der Waals surface area contributed by atoms with E-state index in [2.05, 4.69) is 10.4 Å². The molecule has 10 heteroatoms. The quantitative estimate of drug-likeness (QED) is 0.487. The van der Waals surface area contributed by atoms with E-state index in [-0.39, 0.29) is 18.8 Å². The highest BCUT2D eigenvalue weighted by Gasteiger charge is 2.30. The molecule has 0 radical (unpaired) electrons. The maximum absolute atomic E-state index is 12.6. The number of aliphatic carboxylic acids is 1. The van der Waals surface area contributed by atoms with E-state index in [0.29, 0.717) is 17.2 Å². The minimum atomic E-state index is -1.35. The number of aryl methyl sites for hydroxylation is 2. The van der Waals surface area contributed by atoms with Gasteiger partial charge in [0.15, 0.2) is 5.60 Å². The Labute approximate surface area is 189 Å². The number of tetrazole rings is 1. The highest BCUT2D eigenvalue weighted by molar-refractivity contribution is 7.98. The lowest BCUT2D eigenvalue weighted by molar-refractivity contribution is -0.152. The first kappa shape index (κ1) is 23.4. The van der Waals surface area contributed by atoms with Crippen molar-refractivity contribution < 1.29 is 19.4 Å². The van der Waals surface area contributed by atoms with E-state index in [1.54, 1.807) is 23.9 Å². The van der Waals surface area contributed by atoms with Gasteiger partial charge < -0.3 is 14.6 Å². The van der Waals surface area contributed by atoms with E-state index < -0.39 is 11.6 Å². The predicted octanol–water partition coefficient (Wildman–Crippen LogP) is 3.09. The van der Waals surface area contributed by atoms with Crippen LogP contribution < -0.4 is 15.2 Å². The third-order valence-electron chi connectivity index (χ3n) is 4.83. The van der Waals surface area contributed by atoms with Crippen molar-refractivity contribution in [1.29, 1.82) is 0 Å². The number of carboxylic acid groups (broad SMARTS) is 1. The second-order valence-electron chi connectivity index (χ2n) is 7.75. The molecule has 0 atom stereocenters. The molecule has 3 aromatic rings. The summed E-state index contributed by atoms with van der Waals surface area (Å²) in [6.45, 7) is 7.09. The third kappa shape index (κ3) is 5.13. The number of nitrogens with zero attached hydrogens (tertiary/aromatic N) is 4. The maximum atomic E-state index is 12.6. The van der Waals surface area contributed by atoms with Crippen LogP contribution in [0, 0.1) is 13.8 Å². The summed E-state index contributed by atoms with van der Waals surface area (Å²) in [5, 5.41) is 17.2. The Kier molecular flexibility index (Phi) is 6.93. The fourth-order valence-corrected chi connectivity index (χ4v) is 3.41. The number of carbonyl (C=O) groups is 1. The molecule has 0 amide bonds. The summed E-state index contributed by atoms with van der Waals surface area (Å²) in [4.78, 5) is 25.0. The van der Waals surface area contributed by atoms with Crippen LogP contribution in [-0.4, -0.2) is 49.3 Å². The van der Waals surface area contributed by atoms with E-state index in [0.717, 1.165) is 16.0 Å². The molecule has 9 nitrogen and oxygen atoms in total. The first-order chi connectivity index (χ1) is 15.1. The summed E-state index contributed by atoms with van der Waals surface area (Å²) < 4.78 is 14.0. The van der Waals surface area contributed by atoms with E-state index in [4.69, 9.17) is 9.47 Å². The molecule has 1 heterocycles. The average molecular weight is 459 g/mol. The van der Waals surface area contributed by atoms with Crippen molar-refractivity contribution in [3.8, 4) is 17.2 Å². The van der Waals surface area contributed by atoms with Crippen LogP contribution in [0.4, 0.5) is 0 Å². The Morgan fingerprint density at radius 1 is 1.12 bits per heavy atom. The number of carboxylic acids is 1. The number of hydrogen-bond acceptors (Lipinski definition) is 7. The zero-order valence-corrected chi connectivity index (χ0v) is 19.5. The summed E-state index contributed by atoms with van der Waals surface area (Å²) in [6.07, 6.45) is 1.98. The Hall–Kier alpha value is -3.27. The van der Waals surface area contributed by atoms with Gasteiger partial charge in [-0.2, -0.15) is 9.36 Å². The fraction of sp³-hybridized carbons (Fsp3) is 0.364. The van der Waals surface area contributed by atoms with Crippen molar-refractivity contribution in [3.05, 3.63) is 58.0 Å². The van der Waals surface area contributed by atoms with Crippen molar-refractivity contribution in [3.63, 3.8) is 0 Å². The first-order valence-electron chi connectivity index (χ1n) is 9.96. The maximum Gasteiger partial charge on any atom is 0.368 e. The van der Waals surface area contributed by atoms with Crippen LogP contribution in [0.2, 0.25) is 0 Å². The molecule has 0 spiro atoms. The SMILES string of the molecule is CSc1ccc(-n2nnn(CCOc3cc(C)c(OC(C)(C)C(=O)O)c(C)c3)c2=O)cc1. The van der Waals surface area contributed by atoms with Gasteiger partial charge in [-0.05, 0) is 91.9 Å². The minimum absolute atomic E-state index is 0.212. The van der Waals surface area contributed by atoms with Crippen molar-refractivity contribution in [2.75, 3.05) is 12.9 Å². The molecule has 1 aromatic heterocycles. The van der Waals surface area contributed by atoms with E-state index in [1.807, 2.05) is 44.4 Å². The lowest BCUT2D eigenvalue weighted by Gasteiger charge is -2.24. The molecule has 0 fully saturated rings. The Morgan fingerprint density at radius 2 is 1.75 bits per heavy atom. The van der Waals surface area contributed by atoms with Gasteiger partial charge in [0.2, 0.25) is 0 Å². The summed E-state index contributed by atoms with van der Waals surface area (Å²) >= 11 is 1.62. The lowest BCUT2D eigenvalue weighted by Crippen LogP contribution is -2.38. The summed E-state index contributed by atoms with van der Waals surface area (Å²) in [5.74, 6) is 0.0558. The van der Waals surface area contributed by atoms with Gasteiger partial charge in [0.1, 0.15) is 18.1 Å². The van der Waals surface area contributed by atoms with Gasteiger partial charge in [-0.25, -0.2) is 9.59 Å². The third-order valence-corrected chi connectivity index (χ3v) is 5.58. The first-order valence-corrected chi connectivity index (χ1v) is 11.2. The van der Waals surface area contributed by atoms with Gasteiger partial charge in [0.25, 0.3) is 0 Å². The van der Waals surface area contributed by atoms with E-state index >= 15 is 0 Å². The van der Waals surface area contributed by atoms with Gasteiger partial charge >= 0.3 is 11.7 Å². The second kappa shape index (κ2) is 9.47. The molecular formula is C22H26N4O5S. The highest BCUT2D eigenvalue weighted by atomic mass is 32.2. The summed E-state index contributed by atoms with van der Waals surface area (Å²) in [7, 11) is 0. The molecule has 32 heavy (non-hydrogen) atoms. The molecule has 1 N–H and O–H groups in total. The number of thioether (sulfide) groups is 1. The largest absolute Gasteiger partial charge is 0.492 e. The minimum Gasteiger partial charge on any atom is -0.492 e. The van der Waals surface area contributed by atoms with Crippen LogP contribution >= 0.6 is 11.8 Å². The number of aromatic nitrogens is 4. The van der Waals surface area contributed by atoms with Crippen LogP contribution in [0.5, 0.6) is 11.5 Å². The van der Waals surface area contributed by atoms with Crippen LogP contribution in [0.1, 0.15) is 25.0 Å². The molecule has 170 valence electrons. The smallest absolute Gasteiger partial charge is 0.368 e. The standard InChI is InChI=1S/C22H26N4O5S/c1-14-12-17(13-15(2)19(14)31-22(3,4)20(27)28)30-11-10-25-21(29)26(24-23-25)16-6-8-18(32-5)9-7-16/h6-9,12-13H,10-11H2,1-5H3,(H,27,28). The monoisotopic (exact) mass is 458 g/mol. The summed E-state index contributed by atoms with van der Waals surface area (Å²) in [6, 6.07) is 11.0. The molecule has 0 unspecified atom stereocenters. The van der Waals surface area contributed by atoms with Gasteiger partial charge in [-0.1, -0.05) is 0 Å². The van der Waals surface area contributed by atoms with Crippen molar-refractivity contribution in [2.24, 2.45) is 0 Å². The van der Waals surface area contributed by atoms with Gasteiger partial charge in [-0.15, -0.1) is 11.8 Å². The van der Waals surface area contributed by atoms with Crippen LogP contribution in [0.25, 0.3) is 5.69 Å². The number of rotatable bonds is 9. The topological polar surface area (TPSA) is 108 Å². The Morgan fingerprint density at radius 3 is 2.31 bits per heavy atom. The van der Waals surface area contributed by atoms with Crippen LogP contribution in [0.15, 0.2) is 46.1 Å². The fourth-order valence-electron chi connectivity index (χ4n) is 3.00. The van der Waals surface area contributed by atoms with Crippen LogP contribution in [-0.2, 0) is 11.3 Å². The van der Waals surface area contributed by atoms with Gasteiger partial charge in [-0.3, -0.25) is 0 Å². The Balaban J connectivity index is 1.66. The normalized spacial score (nSPS) is 11.4. The zero-order valence-electron chi connectivity index (χ0n) is 18.7. The highest BCUT2D eigenvalue weighted by Crippen LogP contribution is 2.31. The molecular weight excluding hydrogens is 432 g/mol. The van der Waals surface area contributed by atoms with Gasteiger partial charge in [0, 0.05) is 4.90 Å². The summed E-state index contributed by atoms with van der Waals surface area (Å²) in [5.41, 5.74) is 0.460. The molecule has 0 aliphatic carbocycles. The number of hydrogen-bond donors (Lipinski definition) is 1. The van der Waals surface area contributed by atoms with Crippen LogP contribution in [0.3, 0.4) is 0 Å². The molecule has 3 rings (SSSR count). The average Bonchev–Trinajstić information content (AvgIpc) is 3.11. The zero-order chi connectivity index (χ0) is 23.5. The molecule has 0 bridgehead atoms. The second-order valence-corrected chi connectivity index (χ2v) is 8.63. The molecule has 0 saturated carbocycles. The number of benzene rings is 2. The van der Waals surface area contributed by atoms with E-state index in [9.17, 15) is 14.7 Å². The van der Waals surface area contributed by atoms with E-state index in [1.165, 1.54) is 23.2 Å². The molecule has 0 aliphatic heterocycles. The van der Waals surface area contributed by atoms with Gasteiger partial charge in [0.05, 0.1) is 12.2 Å².